The van der Waals surface area contributed by atoms with Gasteiger partial charge in [0, 0.05) is 19.7 Å². The molecule has 0 spiro atoms. The maximum Gasteiger partial charge on any atom is 0.416 e. The number of rotatable bonds is 4. The Kier molecular flexibility index (Phi) is 5.28. The number of carbonyl (C=O) groups is 1. The van der Waals surface area contributed by atoms with Crippen LogP contribution in [0.1, 0.15) is 21.6 Å². The summed E-state index contributed by atoms with van der Waals surface area (Å²) >= 11 is 5.79. The molecule has 0 atom stereocenters. The summed E-state index contributed by atoms with van der Waals surface area (Å²) < 4.78 is 42.3. The molecule has 0 aliphatic carbocycles. The number of carbonyl (C=O) groups excluding carboxylic acids is 1. The molecular formula is C15H13ClF3N3O2. The predicted molar refractivity (Wildman–Crippen MR) is 81.9 cm³/mol. The SMILES string of the molecule is COC(=O)c1cc(N(C)Cc2ccc(C(F)(F)F)cc2)nc(Cl)n1. The van der Waals surface area contributed by atoms with Crippen LogP contribution in [0.15, 0.2) is 30.3 Å². The molecule has 5 nitrogen and oxygen atoms in total. The summed E-state index contributed by atoms with van der Waals surface area (Å²) in [6.07, 6.45) is -4.37. The monoisotopic (exact) mass is 359 g/mol. The lowest BCUT2D eigenvalue weighted by Crippen LogP contribution is -2.19. The van der Waals surface area contributed by atoms with Gasteiger partial charge < -0.3 is 9.64 Å². The minimum absolute atomic E-state index is 0.00762. The van der Waals surface area contributed by atoms with Crippen LogP contribution < -0.4 is 4.90 Å². The van der Waals surface area contributed by atoms with Gasteiger partial charge in [0.25, 0.3) is 0 Å². The van der Waals surface area contributed by atoms with Gasteiger partial charge in [-0.25, -0.2) is 14.8 Å². The van der Waals surface area contributed by atoms with Crippen LogP contribution in [0.5, 0.6) is 0 Å². The average Bonchev–Trinajstić information content (AvgIpc) is 2.53. The van der Waals surface area contributed by atoms with E-state index in [1.165, 1.54) is 25.3 Å². The molecule has 0 bridgehead atoms. The van der Waals surface area contributed by atoms with Gasteiger partial charge in [0.05, 0.1) is 12.7 Å². The summed E-state index contributed by atoms with van der Waals surface area (Å²) in [4.78, 5) is 20.9. The lowest BCUT2D eigenvalue weighted by Gasteiger charge is -2.19. The van der Waals surface area contributed by atoms with E-state index in [1.807, 2.05) is 0 Å². The Hall–Kier alpha value is -2.35. The standard InChI is InChI=1S/C15H13ClF3N3O2/c1-22(8-9-3-5-10(6-4-9)15(17,18)19)12-7-11(13(23)24-2)20-14(16)21-12/h3-7H,8H2,1-2H3. The Morgan fingerprint density at radius 1 is 1.25 bits per heavy atom. The first-order valence-corrected chi connectivity index (χ1v) is 7.08. The van der Waals surface area contributed by atoms with E-state index in [0.29, 0.717) is 11.4 Å². The molecule has 1 aromatic carbocycles. The van der Waals surface area contributed by atoms with Crippen molar-refractivity contribution >= 4 is 23.4 Å². The van der Waals surface area contributed by atoms with Crippen molar-refractivity contribution in [3.05, 3.63) is 52.4 Å². The fraction of sp³-hybridized carbons (Fsp3) is 0.267. The van der Waals surface area contributed by atoms with E-state index in [-0.39, 0.29) is 17.5 Å². The van der Waals surface area contributed by atoms with Gasteiger partial charge in [0.1, 0.15) is 5.82 Å². The maximum atomic E-state index is 12.6. The van der Waals surface area contributed by atoms with Crippen LogP contribution in [0.4, 0.5) is 19.0 Å². The maximum absolute atomic E-state index is 12.6. The van der Waals surface area contributed by atoms with Crippen molar-refractivity contribution in [3.63, 3.8) is 0 Å². The molecule has 0 N–H and O–H groups in total. The minimum Gasteiger partial charge on any atom is -0.464 e. The van der Waals surface area contributed by atoms with Crippen molar-refractivity contribution in [1.82, 2.24) is 9.97 Å². The Bertz CT molecular complexity index is 736. The van der Waals surface area contributed by atoms with Gasteiger partial charge in [-0.2, -0.15) is 13.2 Å². The minimum atomic E-state index is -4.37. The van der Waals surface area contributed by atoms with Gasteiger partial charge in [0.15, 0.2) is 5.69 Å². The van der Waals surface area contributed by atoms with Gasteiger partial charge >= 0.3 is 12.1 Å². The molecule has 128 valence electrons. The zero-order valence-electron chi connectivity index (χ0n) is 12.8. The largest absolute Gasteiger partial charge is 0.464 e. The summed E-state index contributed by atoms with van der Waals surface area (Å²) in [7, 11) is 2.88. The number of aromatic nitrogens is 2. The first-order chi connectivity index (χ1) is 11.2. The number of anilines is 1. The quantitative estimate of drug-likeness (QED) is 0.617. The molecule has 0 saturated carbocycles. The first-order valence-electron chi connectivity index (χ1n) is 6.71. The molecule has 0 radical (unpaired) electrons. The lowest BCUT2D eigenvalue weighted by atomic mass is 10.1. The second-order valence-corrected chi connectivity index (χ2v) is 5.26. The van der Waals surface area contributed by atoms with Crippen LogP contribution in [0, 0.1) is 0 Å². The predicted octanol–water partition coefficient (Wildman–Crippen LogP) is 3.57. The topological polar surface area (TPSA) is 55.3 Å². The molecule has 2 rings (SSSR count). The van der Waals surface area contributed by atoms with Crippen molar-refractivity contribution in [2.75, 3.05) is 19.1 Å². The number of alkyl halides is 3. The number of ether oxygens (including phenoxy) is 1. The van der Waals surface area contributed by atoms with Gasteiger partial charge in [-0.1, -0.05) is 12.1 Å². The molecule has 2 aromatic rings. The zero-order chi connectivity index (χ0) is 17.9. The number of hydrogen-bond donors (Lipinski definition) is 0. The van der Waals surface area contributed by atoms with Gasteiger partial charge in [-0.15, -0.1) is 0 Å². The Morgan fingerprint density at radius 3 is 2.42 bits per heavy atom. The van der Waals surface area contributed by atoms with E-state index in [0.717, 1.165) is 12.1 Å². The third-order valence-electron chi connectivity index (χ3n) is 3.17. The van der Waals surface area contributed by atoms with Crippen LogP contribution >= 0.6 is 11.6 Å². The van der Waals surface area contributed by atoms with Crippen molar-refractivity contribution in [3.8, 4) is 0 Å². The van der Waals surface area contributed by atoms with Crippen LogP contribution in [-0.2, 0) is 17.5 Å². The number of benzene rings is 1. The lowest BCUT2D eigenvalue weighted by molar-refractivity contribution is -0.137. The van der Waals surface area contributed by atoms with Gasteiger partial charge in [0.2, 0.25) is 5.28 Å². The highest BCUT2D eigenvalue weighted by atomic mass is 35.5. The molecule has 24 heavy (non-hydrogen) atoms. The molecule has 1 aromatic heterocycles. The van der Waals surface area contributed by atoms with Crippen LogP contribution in [0.25, 0.3) is 0 Å². The number of esters is 1. The molecule has 0 unspecified atom stereocenters. The molecule has 1 heterocycles. The van der Waals surface area contributed by atoms with Crippen molar-refractivity contribution in [2.45, 2.75) is 12.7 Å². The van der Waals surface area contributed by atoms with E-state index in [1.54, 1.807) is 11.9 Å². The van der Waals surface area contributed by atoms with Gasteiger partial charge in [-0.3, -0.25) is 0 Å². The average molecular weight is 360 g/mol. The second kappa shape index (κ2) is 7.04. The molecular weight excluding hydrogens is 347 g/mol. The third-order valence-corrected chi connectivity index (χ3v) is 3.34. The molecule has 0 saturated heterocycles. The fourth-order valence-corrected chi connectivity index (χ4v) is 2.14. The Morgan fingerprint density at radius 2 is 1.88 bits per heavy atom. The zero-order valence-corrected chi connectivity index (χ0v) is 13.5. The summed E-state index contributed by atoms with van der Waals surface area (Å²) in [5, 5.41) is -0.132. The summed E-state index contributed by atoms with van der Waals surface area (Å²) in [6, 6.07) is 6.17. The number of hydrogen-bond acceptors (Lipinski definition) is 5. The van der Waals surface area contributed by atoms with Crippen LogP contribution in [0.3, 0.4) is 0 Å². The normalized spacial score (nSPS) is 11.2. The molecule has 0 amide bonds. The Labute approximate surface area is 141 Å². The van der Waals surface area contributed by atoms with Crippen molar-refractivity contribution in [2.24, 2.45) is 0 Å². The first kappa shape index (κ1) is 18.0. The highest BCUT2D eigenvalue weighted by Gasteiger charge is 2.29. The third kappa shape index (κ3) is 4.35. The molecule has 0 aliphatic rings. The Balaban J connectivity index is 2.19. The number of halogens is 4. The van der Waals surface area contributed by atoms with E-state index < -0.39 is 17.7 Å². The van der Waals surface area contributed by atoms with E-state index >= 15 is 0 Å². The smallest absolute Gasteiger partial charge is 0.416 e. The molecule has 0 aliphatic heterocycles. The number of nitrogens with zero attached hydrogens (tertiary/aromatic N) is 3. The van der Waals surface area contributed by atoms with Crippen LogP contribution in [0.2, 0.25) is 5.28 Å². The molecule has 9 heteroatoms. The van der Waals surface area contributed by atoms with E-state index in [2.05, 4.69) is 14.7 Å². The highest BCUT2D eigenvalue weighted by molar-refractivity contribution is 6.28. The highest BCUT2D eigenvalue weighted by Crippen LogP contribution is 2.29. The van der Waals surface area contributed by atoms with Crippen LogP contribution in [-0.4, -0.2) is 30.1 Å². The van der Waals surface area contributed by atoms with E-state index in [9.17, 15) is 18.0 Å². The summed E-state index contributed by atoms with van der Waals surface area (Å²) in [6.45, 7) is 0.270. The van der Waals surface area contributed by atoms with Gasteiger partial charge in [-0.05, 0) is 29.3 Å². The van der Waals surface area contributed by atoms with Crippen molar-refractivity contribution < 1.29 is 22.7 Å². The van der Waals surface area contributed by atoms with Crippen molar-refractivity contribution in [1.29, 1.82) is 0 Å². The summed E-state index contributed by atoms with van der Waals surface area (Å²) in [5.74, 6) is -0.321. The molecule has 0 fully saturated rings. The number of methoxy groups -OCH3 is 1. The second-order valence-electron chi connectivity index (χ2n) is 4.92. The fourth-order valence-electron chi connectivity index (χ4n) is 1.96. The van der Waals surface area contributed by atoms with E-state index in [4.69, 9.17) is 11.6 Å². The summed E-state index contributed by atoms with van der Waals surface area (Å²) in [5.41, 5.74) is -0.0846.